The second-order valence-corrected chi connectivity index (χ2v) is 5.27. The van der Waals surface area contributed by atoms with Gasteiger partial charge >= 0.3 is 0 Å². The molecule has 0 aliphatic carbocycles. The summed E-state index contributed by atoms with van der Waals surface area (Å²) in [5, 5.41) is 2.96. The normalized spacial score (nSPS) is 32.2. The predicted octanol–water partition coefficient (Wildman–Crippen LogP) is 0.358. The number of carbonyl (C=O) groups is 1. The summed E-state index contributed by atoms with van der Waals surface area (Å²) < 4.78 is 0. The van der Waals surface area contributed by atoms with Gasteiger partial charge in [-0.05, 0) is 26.3 Å². The lowest BCUT2D eigenvalue weighted by Crippen LogP contribution is -2.47. The first-order valence-electron chi connectivity index (χ1n) is 5.84. The van der Waals surface area contributed by atoms with Crippen molar-refractivity contribution in [3.8, 4) is 0 Å². The number of carbonyl (C=O) groups excluding carboxylic acids is 1. The van der Waals surface area contributed by atoms with E-state index in [0.29, 0.717) is 6.42 Å². The minimum Gasteiger partial charge on any atom is -0.355 e. The average molecular weight is 248 g/mol. The fourth-order valence-electron chi connectivity index (χ4n) is 2.91. The highest BCUT2D eigenvalue weighted by Gasteiger charge is 2.41. The van der Waals surface area contributed by atoms with Crippen molar-refractivity contribution in [1.82, 2.24) is 10.2 Å². The number of hydrogen-bond acceptors (Lipinski definition) is 3. The summed E-state index contributed by atoms with van der Waals surface area (Å²) in [5.41, 5.74) is 6.03. The Hall–Kier alpha value is -0.320. The van der Waals surface area contributed by atoms with Crippen molar-refractivity contribution in [2.75, 3.05) is 26.2 Å². The van der Waals surface area contributed by atoms with Crippen LogP contribution >= 0.6 is 12.4 Å². The number of hydrogen-bond donors (Lipinski definition) is 2. The number of nitrogens with one attached hydrogen (secondary N) is 1. The highest BCUT2D eigenvalue weighted by molar-refractivity contribution is 5.85. The lowest BCUT2D eigenvalue weighted by Gasteiger charge is -2.39. The van der Waals surface area contributed by atoms with Gasteiger partial charge in [0.05, 0.1) is 0 Å². The standard InChI is InChI=1S/C11H21N3O.ClH/c1-9(12)6-14-4-2-3-11(8-14)5-10(15)13-7-11;/h9H,2-8,12H2,1H3,(H,13,15);1H. The fourth-order valence-corrected chi connectivity index (χ4v) is 2.91. The van der Waals surface area contributed by atoms with E-state index in [9.17, 15) is 4.79 Å². The molecule has 1 spiro atoms. The summed E-state index contributed by atoms with van der Waals surface area (Å²) in [7, 11) is 0. The molecule has 5 heteroatoms. The third kappa shape index (κ3) is 3.09. The molecule has 0 bridgehead atoms. The smallest absolute Gasteiger partial charge is 0.220 e. The molecule has 2 aliphatic heterocycles. The third-order valence-electron chi connectivity index (χ3n) is 3.48. The second-order valence-electron chi connectivity index (χ2n) is 5.27. The minimum absolute atomic E-state index is 0. The van der Waals surface area contributed by atoms with E-state index in [1.54, 1.807) is 0 Å². The molecule has 2 atom stereocenters. The van der Waals surface area contributed by atoms with E-state index in [0.717, 1.165) is 26.2 Å². The van der Waals surface area contributed by atoms with Crippen LogP contribution < -0.4 is 11.1 Å². The molecular weight excluding hydrogens is 226 g/mol. The van der Waals surface area contributed by atoms with E-state index in [1.807, 2.05) is 6.92 Å². The number of nitrogens with zero attached hydrogens (tertiary/aromatic N) is 1. The van der Waals surface area contributed by atoms with Gasteiger partial charge < -0.3 is 16.0 Å². The molecule has 2 saturated heterocycles. The Morgan fingerprint density at radius 3 is 2.94 bits per heavy atom. The van der Waals surface area contributed by atoms with E-state index >= 15 is 0 Å². The summed E-state index contributed by atoms with van der Waals surface area (Å²) in [6.45, 7) is 6.03. The zero-order valence-electron chi connectivity index (χ0n) is 9.87. The Kier molecular flexibility index (Phi) is 4.59. The van der Waals surface area contributed by atoms with Gasteiger partial charge in [0.2, 0.25) is 5.91 Å². The molecule has 4 nitrogen and oxygen atoms in total. The van der Waals surface area contributed by atoms with Gasteiger partial charge in [0.15, 0.2) is 0 Å². The largest absolute Gasteiger partial charge is 0.355 e. The zero-order chi connectivity index (χ0) is 10.9. The Morgan fingerprint density at radius 2 is 2.38 bits per heavy atom. The van der Waals surface area contributed by atoms with Crippen LogP contribution in [-0.2, 0) is 4.79 Å². The first-order valence-corrected chi connectivity index (χ1v) is 5.84. The zero-order valence-corrected chi connectivity index (χ0v) is 10.7. The molecule has 0 saturated carbocycles. The van der Waals surface area contributed by atoms with Crippen LogP contribution in [-0.4, -0.2) is 43.0 Å². The monoisotopic (exact) mass is 247 g/mol. The quantitative estimate of drug-likeness (QED) is 0.741. The number of halogens is 1. The average Bonchev–Trinajstić information content (AvgIpc) is 2.46. The summed E-state index contributed by atoms with van der Waals surface area (Å²) in [6, 6.07) is 0.227. The summed E-state index contributed by atoms with van der Waals surface area (Å²) in [5.74, 6) is 0.220. The van der Waals surface area contributed by atoms with Crippen molar-refractivity contribution in [3.63, 3.8) is 0 Å². The summed E-state index contributed by atoms with van der Waals surface area (Å²) in [6.07, 6.45) is 3.09. The Labute approximate surface area is 103 Å². The first-order chi connectivity index (χ1) is 7.10. The lowest BCUT2D eigenvalue weighted by molar-refractivity contribution is -0.119. The SMILES string of the molecule is CC(N)CN1CCCC2(CNC(=O)C2)C1.Cl. The molecule has 0 aromatic heterocycles. The van der Waals surface area contributed by atoms with Crippen LogP contribution in [0.4, 0.5) is 0 Å². The Balaban J connectivity index is 0.00000128. The molecule has 94 valence electrons. The number of rotatable bonds is 2. The summed E-state index contributed by atoms with van der Waals surface area (Å²) in [4.78, 5) is 13.7. The van der Waals surface area contributed by atoms with Gasteiger partial charge in [-0.1, -0.05) is 0 Å². The second kappa shape index (κ2) is 5.34. The Morgan fingerprint density at radius 1 is 1.62 bits per heavy atom. The van der Waals surface area contributed by atoms with Gasteiger partial charge in [-0.25, -0.2) is 0 Å². The number of likely N-dealkylation sites (tertiary alicyclic amines) is 1. The number of amides is 1. The Bertz CT molecular complexity index is 260. The van der Waals surface area contributed by atoms with Crippen LogP contribution in [0.1, 0.15) is 26.2 Å². The first kappa shape index (κ1) is 13.7. The van der Waals surface area contributed by atoms with Crippen LogP contribution in [0.5, 0.6) is 0 Å². The molecule has 16 heavy (non-hydrogen) atoms. The topological polar surface area (TPSA) is 58.4 Å². The molecule has 2 unspecified atom stereocenters. The van der Waals surface area contributed by atoms with E-state index in [4.69, 9.17) is 5.73 Å². The maximum atomic E-state index is 11.3. The van der Waals surface area contributed by atoms with Gasteiger partial charge in [0.25, 0.3) is 0 Å². The summed E-state index contributed by atoms with van der Waals surface area (Å²) >= 11 is 0. The molecular formula is C11H22ClN3O. The van der Waals surface area contributed by atoms with Gasteiger partial charge in [0.1, 0.15) is 0 Å². The minimum atomic E-state index is 0. The maximum Gasteiger partial charge on any atom is 0.220 e. The van der Waals surface area contributed by atoms with Crippen molar-refractivity contribution in [3.05, 3.63) is 0 Å². The molecule has 0 aromatic carbocycles. The number of piperidine rings is 1. The van der Waals surface area contributed by atoms with Gasteiger partial charge in [-0.15, -0.1) is 12.4 Å². The molecule has 1 amide bonds. The lowest BCUT2D eigenvalue weighted by atomic mass is 9.79. The van der Waals surface area contributed by atoms with Crippen LogP contribution in [0.3, 0.4) is 0 Å². The molecule has 2 rings (SSSR count). The highest BCUT2D eigenvalue weighted by atomic mass is 35.5. The van der Waals surface area contributed by atoms with Crippen molar-refractivity contribution in [1.29, 1.82) is 0 Å². The van der Waals surface area contributed by atoms with Crippen LogP contribution in [0.25, 0.3) is 0 Å². The van der Waals surface area contributed by atoms with Crippen molar-refractivity contribution in [2.24, 2.45) is 11.1 Å². The maximum absolute atomic E-state index is 11.3. The van der Waals surface area contributed by atoms with Crippen LogP contribution in [0, 0.1) is 5.41 Å². The van der Waals surface area contributed by atoms with E-state index in [2.05, 4.69) is 10.2 Å². The highest BCUT2D eigenvalue weighted by Crippen LogP contribution is 2.35. The van der Waals surface area contributed by atoms with E-state index in [1.165, 1.54) is 12.8 Å². The van der Waals surface area contributed by atoms with Crippen LogP contribution in [0.2, 0.25) is 0 Å². The van der Waals surface area contributed by atoms with Crippen molar-refractivity contribution in [2.45, 2.75) is 32.2 Å². The number of nitrogens with two attached hydrogens (primary N) is 1. The molecule has 2 fully saturated rings. The van der Waals surface area contributed by atoms with E-state index in [-0.39, 0.29) is 29.8 Å². The molecule has 0 aromatic rings. The molecule has 2 heterocycles. The van der Waals surface area contributed by atoms with Gasteiger partial charge in [-0.3, -0.25) is 4.79 Å². The molecule has 2 aliphatic rings. The predicted molar refractivity (Wildman–Crippen MR) is 66.6 cm³/mol. The molecule has 0 radical (unpaired) electrons. The molecule has 3 N–H and O–H groups in total. The third-order valence-corrected chi connectivity index (χ3v) is 3.48. The van der Waals surface area contributed by atoms with E-state index < -0.39 is 0 Å². The van der Waals surface area contributed by atoms with Crippen LogP contribution in [0.15, 0.2) is 0 Å². The fraction of sp³-hybridized carbons (Fsp3) is 0.909. The van der Waals surface area contributed by atoms with Crippen molar-refractivity contribution >= 4 is 18.3 Å². The van der Waals surface area contributed by atoms with Gasteiger partial charge in [-0.2, -0.15) is 0 Å². The van der Waals surface area contributed by atoms with Gasteiger partial charge in [0, 0.05) is 37.5 Å². The van der Waals surface area contributed by atoms with Crippen molar-refractivity contribution < 1.29 is 4.79 Å².